The standard InChI is InChI=1S/C12H16F2N2O3S/c1-16(2)11(17)4-3-5-20(18,19)12-9(13)6-8(15)7-10(12)14/h6-7H,3-5,15H2,1-2H3. The van der Waals surface area contributed by atoms with Gasteiger partial charge in [0, 0.05) is 26.2 Å². The number of hydrogen-bond donors (Lipinski definition) is 1. The second-order valence-electron chi connectivity index (χ2n) is 4.52. The molecule has 1 aromatic carbocycles. The molecule has 112 valence electrons. The summed E-state index contributed by atoms with van der Waals surface area (Å²) in [6, 6.07) is 1.50. The van der Waals surface area contributed by atoms with E-state index in [1.165, 1.54) is 19.0 Å². The Balaban J connectivity index is 2.88. The molecule has 1 aromatic rings. The van der Waals surface area contributed by atoms with Gasteiger partial charge in [-0.3, -0.25) is 4.79 Å². The fourth-order valence-electron chi connectivity index (χ4n) is 1.62. The summed E-state index contributed by atoms with van der Waals surface area (Å²) < 4.78 is 50.9. The molecule has 5 nitrogen and oxygen atoms in total. The van der Waals surface area contributed by atoms with Gasteiger partial charge in [0.25, 0.3) is 0 Å². The van der Waals surface area contributed by atoms with Crippen LogP contribution in [0.4, 0.5) is 14.5 Å². The minimum Gasteiger partial charge on any atom is -0.399 e. The van der Waals surface area contributed by atoms with Crippen LogP contribution in [0.15, 0.2) is 17.0 Å². The summed E-state index contributed by atoms with van der Waals surface area (Å²) in [5.41, 5.74) is 5.03. The Bertz CT molecular complexity index is 592. The summed E-state index contributed by atoms with van der Waals surface area (Å²) in [5, 5.41) is 0. The molecule has 0 aliphatic heterocycles. The Hall–Kier alpha value is -1.70. The van der Waals surface area contributed by atoms with Crippen molar-refractivity contribution in [2.24, 2.45) is 0 Å². The zero-order chi connectivity index (χ0) is 15.5. The number of halogens is 2. The lowest BCUT2D eigenvalue weighted by Gasteiger charge is -2.10. The van der Waals surface area contributed by atoms with Crippen molar-refractivity contribution < 1.29 is 22.0 Å². The number of nitrogens with two attached hydrogens (primary N) is 1. The molecule has 0 aliphatic rings. The number of benzene rings is 1. The Morgan fingerprint density at radius 2 is 1.75 bits per heavy atom. The highest BCUT2D eigenvalue weighted by atomic mass is 32.2. The zero-order valence-corrected chi connectivity index (χ0v) is 12.0. The molecule has 0 fully saturated rings. The molecule has 8 heteroatoms. The monoisotopic (exact) mass is 306 g/mol. The van der Waals surface area contributed by atoms with Gasteiger partial charge >= 0.3 is 0 Å². The normalized spacial score (nSPS) is 11.4. The first kappa shape index (κ1) is 16.4. The summed E-state index contributed by atoms with van der Waals surface area (Å²) in [5.74, 6) is -3.20. The largest absolute Gasteiger partial charge is 0.399 e. The highest BCUT2D eigenvalue weighted by Crippen LogP contribution is 2.23. The van der Waals surface area contributed by atoms with E-state index in [-0.39, 0.29) is 24.4 Å². The van der Waals surface area contributed by atoms with E-state index in [1.54, 1.807) is 0 Å². The molecule has 0 saturated heterocycles. The minimum atomic E-state index is -4.14. The SMILES string of the molecule is CN(C)C(=O)CCCS(=O)(=O)c1c(F)cc(N)cc1F. The molecule has 0 unspecified atom stereocenters. The van der Waals surface area contributed by atoms with Crippen molar-refractivity contribution in [3.05, 3.63) is 23.8 Å². The van der Waals surface area contributed by atoms with Gasteiger partial charge in [-0.15, -0.1) is 0 Å². The van der Waals surface area contributed by atoms with Gasteiger partial charge in [0.15, 0.2) is 9.84 Å². The Labute approximate surface area is 116 Å². The third-order valence-corrected chi connectivity index (χ3v) is 4.47. The van der Waals surface area contributed by atoms with E-state index in [4.69, 9.17) is 5.73 Å². The van der Waals surface area contributed by atoms with Crippen molar-refractivity contribution in [1.82, 2.24) is 4.90 Å². The maximum Gasteiger partial charge on any atom is 0.222 e. The van der Waals surface area contributed by atoms with Crippen LogP contribution in [0.1, 0.15) is 12.8 Å². The molecular weight excluding hydrogens is 290 g/mol. The van der Waals surface area contributed by atoms with E-state index in [2.05, 4.69) is 0 Å². The van der Waals surface area contributed by atoms with Gasteiger partial charge in [-0.25, -0.2) is 17.2 Å². The topological polar surface area (TPSA) is 80.5 Å². The van der Waals surface area contributed by atoms with Crippen LogP contribution in [0.25, 0.3) is 0 Å². The number of amides is 1. The lowest BCUT2D eigenvalue weighted by atomic mass is 10.3. The highest BCUT2D eigenvalue weighted by molar-refractivity contribution is 7.91. The number of carbonyl (C=O) groups is 1. The predicted octanol–water partition coefficient (Wildman–Crippen LogP) is 1.19. The van der Waals surface area contributed by atoms with Gasteiger partial charge in [-0.2, -0.15) is 0 Å². The van der Waals surface area contributed by atoms with Crippen molar-refractivity contribution in [1.29, 1.82) is 0 Å². The summed E-state index contributed by atoms with van der Waals surface area (Å²) >= 11 is 0. The van der Waals surface area contributed by atoms with Crippen LogP contribution in [-0.4, -0.2) is 39.1 Å². The quantitative estimate of drug-likeness (QED) is 0.829. The molecule has 0 atom stereocenters. The molecule has 0 aliphatic carbocycles. The van der Waals surface area contributed by atoms with E-state index >= 15 is 0 Å². The molecule has 0 radical (unpaired) electrons. The number of carbonyl (C=O) groups excluding carboxylic acids is 1. The van der Waals surface area contributed by atoms with Crippen molar-refractivity contribution in [3.63, 3.8) is 0 Å². The second kappa shape index (κ2) is 6.17. The second-order valence-corrected chi connectivity index (χ2v) is 6.57. The maximum atomic E-state index is 13.5. The van der Waals surface area contributed by atoms with Crippen LogP contribution in [-0.2, 0) is 14.6 Å². The van der Waals surface area contributed by atoms with Gasteiger partial charge < -0.3 is 10.6 Å². The fraction of sp³-hybridized carbons (Fsp3) is 0.417. The van der Waals surface area contributed by atoms with Crippen LogP contribution in [0.2, 0.25) is 0 Å². The Morgan fingerprint density at radius 3 is 2.20 bits per heavy atom. The maximum absolute atomic E-state index is 13.5. The number of sulfone groups is 1. The van der Waals surface area contributed by atoms with Crippen molar-refractivity contribution in [2.75, 3.05) is 25.6 Å². The Kier molecular flexibility index (Phi) is 5.04. The molecule has 20 heavy (non-hydrogen) atoms. The molecular formula is C12H16F2N2O3S. The first-order chi connectivity index (χ1) is 9.15. The number of rotatable bonds is 5. The lowest BCUT2D eigenvalue weighted by molar-refractivity contribution is -0.128. The lowest BCUT2D eigenvalue weighted by Crippen LogP contribution is -2.22. The Morgan fingerprint density at radius 1 is 1.25 bits per heavy atom. The molecule has 0 bridgehead atoms. The number of nitrogen functional groups attached to an aromatic ring is 1. The average Bonchev–Trinajstić information content (AvgIpc) is 2.26. The number of anilines is 1. The smallest absolute Gasteiger partial charge is 0.222 e. The van der Waals surface area contributed by atoms with E-state index in [9.17, 15) is 22.0 Å². The summed E-state index contributed by atoms with van der Waals surface area (Å²) in [7, 11) is -1.06. The van der Waals surface area contributed by atoms with Crippen LogP contribution < -0.4 is 5.73 Å². The van der Waals surface area contributed by atoms with Gasteiger partial charge in [-0.05, 0) is 18.6 Å². The summed E-state index contributed by atoms with van der Waals surface area (Å²) in [4.78, 5) is 11.6. The number of nitrogens with zero attached hydrogens (tertiary/aromatic N) is 1. The third kappa shape index (κ3) is 3.89. The average molecular weight is 306 g/mol. The summed E-state index contributed by atoms with van der Waals surface area (Å²) in [6.45, 7) is 0. The first-order valence-electron chi connectivity index (χ1n) is 5.82. The first-order valence-corrected chi connectivity index (χ1v) is 7.48. The molecule has 0 heterocycles. The van der Waals surface area contributed by atoms with Crippen LogP contribution in [0.5, 0.6) is 0 Å². The van der Waals surface area contributed by atoms with Crippen LogP contribution >= 0.6 is 0 Å². The van der Waals surface area contributed by atoms with Gasteiger partial charge in [-0.1, -0.05) is 0 Å². The van der Waals surface area contributed by atoms with E-state index in [1.807, 2.05) is 0 Å². The molecule has 0 saturated carbocycles. The fourth-order valence-corrected chi connectivity index (χ4v) is 3.06. The van der Waals surface area contributed by atoms with Crippen molar-refractivity contribution in [3.8, 4) is 0 Å². The molecule has 1 rings (SSSR count). The van der Waals surface area contributed by atoms with Crippen LogP contribution in [0.3, 0.4) is 0 Å². The van der Waals surface area contributed by atoms with Crippen molar-refractivity contribution >= 4 is 21.4 Å². The van der Waals surface area contributed by atoms with Gasteiger partial charge in [0.05, 0.1) is 5.75 Å². The van der Waals surface area contributed by atoms with E-state index < -0.39 is 32.1 Å². The minimum absolute atomic E-state index is 0.00948. The molecule has 2 N–H and O–H groups in total. The molecule has 0 aromatic heterocycles. The predicted molar refractivity (Wildman–Crippen MR) is 70.8 cm³/mol. The van der Waals surface area contributed by atoms with Gasteiger partial charge in [0.1, 0.15) is 16.5 Å². The van der Waals surface area contributed by atoms with E-state index in [0.717, 1.165) is 12.1 Å². The molecule has 0 spiro atoms. The molecule has 1 amide bonds. The summed E-state index contributed by atoms with van der Waals surface area (Å²) in [6.07, 6.45) is -0.0208. The van der Waals surface area contributed by atoms with Crippen molar-refractivity contribution in [2.45, 2.75) is 17.7 Å². The van der Waals surface area contributed by atoms with E-state index in [0.29, 0.717) is 0 Å². The van der Waals surface area contributed by atoms with Gasteiger partial charge in [0.2, 0.25) is 5.91 Å². The highest BCUT2D eigenvalue weighted by Gasteiger charge is 2.24. The van der Waals surface area contributed by atoms with Crippen LogP contribution in [0, 0.1) is 11.6 Å². The third-order valence-electron chi connectivity index (χ3n) is 2.63. The number of hydrogen-bond acceptors (Lipinski definition) is 4. The zero-order valence-electron chi connectivity index (χ0n) is 11.2.